The van der Waals surface area contributed by atoms with E-state index in [1.165, 1.54) is 6.07 Å². The van der Waals surface area contributed by atoms with Crippen molar-refractivity contribution in [3.05, 3.63) is 58.6 Å². The number of para-hydroxylation sites is 1. The van der Waals surface area contributed by atoms with E-state index >= 15 is 0 Å². The first-order valence-electron chi connectivity index (χ1n) is 6.00. The van der Waals surface area contributed by atoms with Gasteiger partial charge in [0.2, 0.25) is 0 Å². The van der Waals surface area contributed by atoms with E-state index in [1.807, 2.05) is 24.3 Å². The SMILES string of the molecule is O=C(O)c1ccccc1OCCOc1ccc(Br)cc1. The first-order chi connectivity index (χ1) is 9.66. The Hall–Kier alpha value is -2.01. The van der Waals surface area contributed by atoms with E-state index < -0.39 is 5.97 Å². The Morgan fingerprint density at radius 1 is 1.00 bits per heavy atom. The second-order valence-corrected chi connectivity index (χ2v) is 4.87. The highest BCUT2D eigenvalue weighted by Crippen LogP contribution is 2.18. The van der Waals surface area contributed by atoms with Crippen LogP contribution in [0.4, 0.5) is 0 Å². The number of hydrogen-bond donors (Lipinski definition) is 1. The fourth-order valence-corrected chi connectivity index (χ4v) is 1.88. The van der Waals surface area contributed by atoms with Gasteiger partial charge in [-0.3, -0.25) is 0 Å². The Bertz CT molecular complexity index is 581. The van der Waals surface area contributed by atoms with Crippen molar-refractivity contribution in [3.8, 4) is 11.5 Å². The summed E-state index contributed by atoms with van der Waals surface area (Å²) in [7, 11) is 0. The van der Waals surface area contributed by atoms with Gasteiger partial charge in [0.25, 0.3) is 0 Å². The van der Waals surface area contributed by atoms with Crippen LogP contribution in [0.3, 0.4) is 0 Å². The summed E-state index contributed by atoms with van der Waals surface area (Å²) in [5.74, 6) is 0.0807. The lowest BCUT2D eigenvalue weighted by molar-refractivity contribution is 0.0691. The zero-order valence-electron chi connectivity index (χ0n) is 10.6. The maximum absolute atomic E-state index is 11.0. The molecule has 0 saturated carbocycles. The van der Waals surface area contributed by atoms with Crippen LogP contribution in [0.15, 0.2) is 53.0 Å². The first-order valence-corrected chi connectivity index (χ1v) is 6.79. The third-order valence-electron chi connectivity index (χ3n) is 2.54. The van der Waals surface area contributed by atoms with Crippen molar-refractivity contribution >= 4 is 21.9 Å². The number of ether oxygens (including phenoxy) is 2. The van der Waals surface area contributed by atoms with Crippen molar-refractivity contribution in [1.82, 2.24) is 0 Å². The Morgan fingerprint density at radius 2 is 1.65 bits per heavy atom. The molecule has 0 aromatic heterocycles. The van der Waals surface area contributed by atoms with Crippen molar-refractivity contribution in [2.75, 3.05) is 13.2 Å². The van der Waals surface area contributed by atoms with Crippen LogP contribution in [0.5, 0.6) is 11.5 Å². The molecule has 0 fully saturated rings. The van der Waals surface area contributed by atoms with Gasteiger partial charge in [-0.15, -0.1) is 0 Å². The van der Waals surface area contributed by atoms with Gasteiger partial charge in [0.1, 0.15) is 30.3 Å². The third kappa shape index (κ3) is 3.99. The molecule has 5 heteroatoms. The minimum absolute atomic E-state index is 0.149. The fourth-order valence-electron chi connectivity index (χ4n) is 1.61. The Kier molecular flexibility index (Phi) is 5.01. The van der Waals surface area contributed by atoms with Gasteiger partial charge in [0.05, 0.1) is 0 Å². The molecule has 20 heavy (non-hydrogen) atoms. The summed E-state index contributed by atoms with van der Waals surface area (Å²) < 4.78 is 11.9. The monoisotopic (exact) mass is 336 g/mol. The third-order valence-corrected chi connectivity index (χ3v) is 3.07. The zero-order valence-corrected chi connectivity index (χ0v) is 12.2. The number of carbonyl (C=O) groups is 1. The second kappa shape index (κ2) is 6.96. The van der Waals surface area contributed by atoms with Crippen LogP contribution in [0.2, 0.25) is 0 Å². The average Bonchev–Trinajstić information content (AvgIpc) is 2.46. The predicted octanol–water partition coefficient (Wildman–Crippen LogP) is 3.61. The summed E-state index contributed by atoms with van der Waals surface area (Å²) in [6.45, 7) is 0.621. The molecule has 0 atom stereocenters. The van der Waals surface area contributed by atoms with Crippen LogP contribution in [0.25, 0.3) is 0 Å². The summed E-state index contributed by atoms with van der Waals surface area (Å²) in [6.07, 6.45) is 0. The fraction of sp³-hybridized carbons (Fsp3) is 0.133. The Balaban J connectivity index is 1.84. The van der Waals surface area contributed by atoms with Crippen LogP contribution >= 0.6 is 15.9 Å². The van der Waals surface area contributed by atoms with Gasteiger partial charge in [-0.05, 0) is 36.4 Å². The van der Waals surface area contributed by atoms with E-state index in [4.69, 9.17) is 14.6 Å². The predicted molar refractivity (Wildman–Crippen MR) is 78.5 cm³/mol. The molecule has 0 heterocycles. The molecule has 1 N–H and O–H groups in total. The maximum atomic E-state index is 11.0. The zero-order chi connectivity index (χ0) is 14.4. The van der Waals surface area contributed by atoms with Gasteiger partial charge in [-0.25, -0.2) is 4.79 Å². The lowest BCUT2D eigenvalue weighted by atomic mass is 10.2. The standard InChI is InChI=1S/C15H13BrO4/c16-11-5-7-12(8-6-11)19-9-10-20-14-4-2-1-3-13(14)15(17)18/h1-8H,9-10H2,(H,17,18). The van der Waals surface area contributed by atoms with E-state index in [0.29, 0.717) is 12.4 Å². The van der Waals surface area contributed by atoms with Crippen molar-refractivity contribution in [2.24, 2.45) is 0 Å². The molecule has 2 rings (SSSR count). The molecule has 0 aliphatic heterocycles. The van der Waals surface area contributed by atoms with E-state index in [9.17, 15) is 4.79 Å². The van der Waals surface area contributed by atoms with Gasteiger partial charge >= 0.3 is 5.97 Å². The molecule has 0 aliphatic carbocycles. The van der Waals surface area contributed by atoms with Gasteiger partial charge < -0.3 is 14.6 Å². The molecule has 104 valence electrons. The van der Waals surface area contributed by atoms with Gasteiger partial charge in [-0.1, -0.05) is 28.1 Å². The summed E-state index contributed by atoms with van der Waals surface area (Å²) in [5.41, 5.74) is 0.149. The lowest BCUT2D eigenvalue weighted by Gasteiger charge is -2.10. The van der Waals surface area contributed by atoms with Gasteiger partial charge in [-0.2, -0.15) is 0 Å². The minimum Gasteiger partial charge on any atom is -0.490 e. The van der Waals surface area contributed by atoms with Crippen LogP contribution in [-0.2, 0) is 0 Å². The molecule has 4 nitrogen and oxygen atoms in total. The van der Waals surface area contributed by atoms with Crippen molar-refractivity contribution in [3.63, 3.8) is 0 Å². The molecule has 0 radical (unpaired) electrons. The largest absolute Gasteiger partial charge is 0.490 e. The Labute approximate surface area is 125 Å². The molecular weight excluding hydrogens is 324 g/mol. The van der Waals surface area contributed by atoms with Crippen molar-refractivity contribution in [1.29, 1.82) is 0 Å². The molecule has 2 aromatic carbocycles. The highest BCUT2D eigenvalue weighted by atomic mass is 79.9. The molecule has 0 amide bonds. The quantitative estimate of drug-likeness (QED) is 0.819. The number of benzene rings is 2. The number of halogens is 1. The molecular formula is C15H13BrO4. The van der Waals surface area contributed by atoms with Crippen LogP contribution in [-0.4, -0.2) is 24.3 Å². The molecule has 2 aromatic rings. The van der Waals surface area contributed by atoms with Crippen LogP contribution in [0, 0.1) is 0 Å². The van der Waals surface area contributed by atoms with Crippen molar-refractivity contribution < 1.29 is 19.4 Å². The molecule has 0 bridgehead atoms. The maximum Gasteiger partial charge on any atom is 0.339 e. The number of hydrogen-bond acceptors (Lipinski definition) is 3. The minimum atomic E-state index is -1.01. The van der Waals surface area contributed by atoms with Gasteiger partial charge in [0, 0.05) is 4.47 Å². The van der Waals surface area contributed by atoms with E-state index in [-0.39, 0.29) is 12.2 Å². The lowest BCUT2D eigenvalue weighted by Crippen LogP contribution is -2.11. The van der Waals surface area contributed by atoms with Crippen LogP contribution in [0.1, 0.15) is 10.4 Å². The number of carboxylic acids is 1. The average molecular weight is 337 g/mol. The van der Waals surface area contributed by atoms with Crippen molar-refractivity contribution in [2.45, 2.75) is 0 Å². The number of rotatable bonds is 6. The van der Waals surface area contributed by atoms with E-state index in [2.05, 4.69) is 15.9 Å². The topological polar surface area (TPSA) is 55.8 Å². The number of carboxylic acid groups (broad SMARTS) is 1. The van der Waals surface area contributed by atoms with Crippen LogP contribution < -0.4 is 9.47 Å². The van der Waals surface area contributed by atoms with Gasteiger partial charge in [0.15, 0.2) is 0 Å². The smallest absolute Gasteiger partial charge is 0.339 e. The molecule has 0 aliphatic rings. The Morgan fingerprint density at radius 3 is 2.35 bits per heavy atom. The summed E-state index contributed by atoms with van der Waals surface area (Å²) in [4.78, 5) is 11.0. The molecule has 0 unspecified atom stereocenters. The highest BCUT2D eigenvalue weighted by molar-refractivity contribution is 9.10. The summed E-state index contributed by atoms with van der Waals surface area (Å²) in [6, 6.07) is 14.0. The normalized spacial score (nSPS) is 10.1. The molecule has 0 saturated heterocycles. The van der Waals surface area contributed by atoms with E-state index in [1.54, 1.807) is 18.2 Å². The summed E-state index contributed by atoms with van der Waals surface area (Å²) >= 11 is 3.34. The summed E-state index contributed by atoms with van der Waals surface area (Å²) in [5, 5.41) is 9.01. The number of aromatic carboxylic acids is 1. The second-order valence-electron chi connectivity index (χ2n) is 3.95. The first kappa shape index (κ1) is 14.4. The highest BCUT2D eigenvalue weighted by Gasteiger charge is 2.09. The van der Waals surface area contributed by atoms with E-state index in [0.717, 1.165) is 10.2 Å². The molecule has 0 spiro atoms.